The Balaban J connectivity index is 2.18. The molecule has 0 saturated carbocycles. The van der Waals surface area contributed by atoms with E-state index in [2.05, 4.69) is 10.3 Å². The van der Waals surface area contributed by atoms with E-state index < -0.39 is 0 Å². The number of amides is 1. The minimum Gasteiger partial charge on any atom is -0.322 e. The van der Waals surface area contributed by atoms with E-state index in [-0.39, 0.29) is 5.91 Å². The van der Waals surface area contributed by atoms with E-state index >= 15 is 0 Å². The van der Waals surface area contributed by atoms with Crippen LogP contribution in [0.2, 0.25) is 10.2 Å². The molecule has 1 N–H and O–H groups in total. The Kier molecular flexibility index (Phi) is 3.84. The van der Waals surface area contributed by atoms with Crippen molar-refractivity contribution in [2.24, 2.45) is 0 Å². The standard InChI is InChI=1S/C13H10Cl2N2O/c1-8-6-10(14)3-4-11(8)17-13(18)9-2-5-12(15)16-7-9/h2-7H,1H3,(H,17,18). The molecule has 0 unspecified atom stereocenters. The van der Waals surface area contributed by atoms with Gasteiger partial charge in [-0.25, -0.2) is 4.98 Å². The Labute approximate surface area is 115 Å². The molecule has 1 aromatic heterocycles. The molecule has 1 heterocycles. The van der Waals surface area contributed by atoms with E-state index in [0.29, 0.717) is 15.7 Å². The number of aromatic nitrogens is 1. The second-order valence-electron chi connectivity index (χ2n) is 3.78. The molecule has 18 heavy (non-hydrogen) atoms. The maximum atomic E-state index is 11.9. The number of nitrogens with zero attached hydrogens (tertiary/aromatic N) is 1. The molecular formula is C13H10Cl2N2O. The minimum atomic E-state index is -0.232. The number of carbonyl (C=O) groups is 1. The number of hydrogen-bond donors (Lipinski definition) is 1. The topological polar surface area (TPSA) is 42.0 Å². The highest BCUT2D eigenvalue weighted by Gasteiger charge is 2.08. The molecule has 0 aliphatic heterocycles. The van der Waals surface area contributed by atoms with E-state index in [1.807, 2.05) is 6.92 Å². The van der Waals surface area contributed by atoms with Gasteiger partial charge in [0.05, 0.1) is 5.56 Å². The Morgan fingerprint density at radius 3 is 2.61 bits per heavy atom. The van der Waals surface area contributed by atoms with Crippen LogP contribution in [0.4, 0.5) is 5.69 Å². The maximum Gasteiger partial charge on any atom is 0.257 e. The number of halogens is 2. The van der Waals surface area contributed by atoms with Crippen LogP contribution in [0.3, 0.4) is 0 Å². The molecule has 0 bridgehead atoms. The Morgan fingerprint density at radius 2 is 2.00 bits per heavy atom. The van der Waals surface area contributed by atoms with Crippen molar-refractivity contribution in [3.63, 3.8) is 0 Å². The van der Waals surface area contributed by atoms with E-state index in [0.717, 1.165) is 11.3 Å². The molecule has 0 aliphatic carbocycles. The van der Waals surface area contributed by atoms with Gasteiger partial charge in [0.25, 0.3) is 5.91 Å². The second kappa shape index (κ2) is 5.38. The first-order valence-corrected chi connectivity index (χ1v) is 6.01. The fourth-order valence-electron chi connectivity index (χ4n) is 1.47. The van der Waals surface area contributed by atoms with Crippen molar-refractivity contribution in [3.05, 3.63) is 57.8 Å². The molecule has 2 aromatic rings. The van der Waals surface area contributed by atoms with Gasteiger partial charge < -0.3 is 5.32 Å². The summed E-state index contributed by atoms with van der Waals surface area (Å²) < 4.78 is 0. The van der Waals surface area contributed by atoms with Gasteiger partial charge in [0.2, 0.25) is 0 Å². The van der Waals surface area contributed by atoms with Crippen molar-refractivity contribution in [2.45, 2.75) is 6.92 Å². The molecule has 2 rings (SSSR count). The van der Waals surface area contributed by atoms with E-state index in [4.69, 9.17) is 23.2 Å². The zero-order valence-electron chi connectivity index (χ0n) is 9.58. The Hall–Kier alpha value is -1.58. The normalized spacial score (nSPS) is 10.2. The maximum absolute atomic E-state index is 11.9. The zero-order valence-corrected chi connectivity index (χ0v) is 11.1. The lowest BCUT2D eigenvalue weighted by Crippen LogP contribution is -2.12. The summed E-state index contributed by atoms with van der Waals surface area (Å²) in [6, 6.07) is 8.47. The van der Waals surface area contributed by atoms with Crippen LogP contribution in [-0.2, 0) is 0 Å². The molecule has 1 amide bonds. The van der Waals surface area contributed by atoms with Gasteiger partial charge >= 0.3 is 0 Å². The number of aryl methyl sites for hydroxylation is 1. The molecule has 0 aliphatic rings. The highest BCUT2D eigenvalue weighted by molar-refractivity contribution is 6.30. The summed E-state index contributed by atoms with van der Waals surface area (Å²) in [4.78, 5) is 15.8. The summed E-state index contributed by atoms with van der Waals surface area (Å²) in [5.41, 5.74) is 2.07. The first-order valence-electron chi connectivity index (χ1n) is 5.25. The van der Waals surface area contributed by atoms with Crippen LogP contribution in [0, 0.1) is 6.92 Å². The predicted molar refractivity (Wildman–Crippen MR) is 73.4 cm³/mol. The molecule has 92 valence electrons. The largest absolute Gasteiger partial charge is 0.322 e. The third-order valence-electron chi connectivity index (χ3n) is 2.43. The fourth-order valence-corrected chi connectivity index (χ4v) is 1.81. The molecule has 0 fully saturated rings. The van der Waals surface area contributed by atoms with Gasteiger partial charge in [0.1, 0.15) is 5.15 Å². The van der Waals surface area contributed by atoms with E-state index in [1.54, 1.807) is 30.3 Å². The van der Waals surface area contributed by atoms with Gasteiger partial charge in [-0.15, -0.1) is 0 Å². The monoisotopic (exact) mass is 280 g/mol. The van der Waals surface area contributed by atoms with Crippen molar-refractivity contribution < 1.29 is 4.79 Å². The van der Waals surface area contributed by atoms with Gasteiger partial charge in [-0.05, 0) is 42.8 Å². The quantitative estimate of drug-likeness (QED) is 0.847. The predicted octanol–water partition coefficient (Wildman–Crippen LogP) is 3.95. The van der Waals surface area contributed by atoms with Crippen molar-refractivity contribution >= 4 is 34.8 Å². The number of rotatable bonds is 2. The summed E-state index contributed by atoms with van der Waals surface area (Å²) >= 11 is 11.5. The average molecular weight is 281 g/mol. The van der Waals surface area contributed by atoms with Gasteiger partial charge in [0, 0.05) is 16.9 Å². The van der Waals surface area contributed by atoms with Crippen LogP contribution in [0.1, 0.15) is 15.9 Å². The van der Waals surface area contributed by atoms with Crippen LogP contribution in [0.25, 0.3) is 0 Å². The number of pyridine rings is 1. The van der Waals surface area contributed by atoms with Crippen molar-refractivity contribution in [2.75, 3.05) is 5.32 Å². The van der Waals surface area contributed by atoms with Crippen molar-refractivity contribution in [1.82, 2.24) is 4.98 Å². The average Bonchev–Trinajstić information content (AvgIpc) is 2.33. The Bertz CT molecular complexity index is 582. The summed E-state index contributed by atoms with van der Waals surface area (Å²) in [6.07, 6.45) is 1.43. The highest BCUT2D eigenvalue weighted by atomic mass is 35.5. The molecule has 1 aromatic carbocycles. The number of benzene rings is 1. The lowest BCUT2D eigenvalue weighted by molar-refractivity contribution is 0.102. The lowest BCUT2D eigenvalue weighted by Gasteiger charge is -2.08. The lowest BCUT2D eigenvalue weighted by atomic mass is 10.2. The second-order valence-corrected chi connectivity index (χ2v) is 4.61. The third-order valence-corrected chi connectivity index (χ3v) is 2.88. The summed E-state index contributed by atoms with van der Waals surface area (Å²) in [5.74, 6) is -0.232. The summed E-state index contributed by atoms with van der Waals surface area (Å²) in [5, 5.41) is 3.79. The third kappa shape index (κ3) is 3.00. The molecule has 0 spiro atoms. The molecule has 0 saturated heterocycles. The molecule has 0 atom stereocenters. The van der Waals surface area contributed by atoms with Gasteiger partial charge in [0.15, 0.2) is 0 Å². The van der Waals surface area contributed by atoms with Crippen LogP contribution >= 0.6 is 23.2 Å². The highest BCUT2D eigenvalue weighted by Crippen LogP contribution is 2.20. The minimum absolute atomic E-state index is 0.232. The SMILES string of the molecule is Cc1cc(Cl)ccc1NC(=O)c1ccc(Cl)nc1. The van der Waals surface area contributed by atoms with Crippen LogP contribution in [0.5, 0.6) is 0 Å². The number of nitrogens with one attached hydrogen (secondary N) is 1. The van der Waals surface area contributed by atoms with E-state index in [1.165, 1.54) is 6.20 Å². The first kappa shape index (κ1) is 12.9. The molecule has 3 nitrogen and oxygen atoms in total. The molecule has 0 radical (unpaired) electrons. The Morgan fingerprint density at radius 1 is 1.22 bits per heavy atom. The van der Waals surface area contributed by atoms with Gasteiger partial charge in [-0.3, -0.25) is 4.79 Å². The first-order chi connectivity index (χ1) is 8.56. The number of anilines is 1. The van der Waals surface area contributed by atoms with Crippen molar-refractivity contribution in [3.8, 4) is 0 Å². The van der Waals surface area contributed by atoms with Crippen LogP contribution < -0.4 is 5.32 Å². The summed E-state index contributed by atoms with van der Waals surface area (Å²) in [7, 11) is 0. The van der Waals surface area contributed by atoms with Crippen molar-refractivity contribution in [1.29, 1.82) is 0 Å². The molecular weight excluding hydrogens is 271 g/mol. The van der Waals surface area contributed by atoms with E-state index in [9.17, 15) is 4.79 Å². The van der Waals surface area contributed by atoms with Crippen LogP contribution in [0.15, 0.2) is 36.5 Å². The van der Waals surface area contributed by atoms with Gasteiger partial charge in [-0.2, -0.15) is 0 Å². The number of carbonyl (C=O) groups excluding carboxylic acids is 1. The molecule has 5 heteroatoms. The zero-order chi connectivity index (χ0) is 13.1. The van der Waals surface area contributed by atoms with Crippen LogP contribution in [-0.4, -0.2) is 10.9 Å². The number of hydrogen-bond acceptors (Lipinski definition) is 2. The summed E-state index contributed by atoms with van der Waals surface area (Å²) in [6.45, 7) is 1.88. The smallest absolute Gasteiger partial charge is 0.257 e. The fraction of sp³-hybridized carbons (Fsp3) is 0.0769. The van der Waals surface area contributed by atoms with Gasteiger partial charge in [-0.1, -0.05) is 23.2 Å².